The molecule has 0 amide bonds. The maximum absolute atomic E-state index is 4.53. The van der Waals surface area contributed by atoms with Crippen LogP contribution in [-0.2, 0) is 0 Å². The van der Waals surface area contributed by atoms with Gasteiger partial charge >= 0.3 is 0 Å². The summed E-state index contributed by atoms with van der Waals surface area (Å²) in [5, 5.41) is 3.19. The van der Waals surface area contributed by atoms with E-state index in [2.05, 4.69) is 61.5 Å². The number of rotatable bonds is 5. The lowest BCUT2D eigenvalue weighted by molar-refractivity contribution is 1.33. The lowest BCUT2D eigenvalue weighted by Crippen LogP contribution is -1.90. The molecule has 5 rings (SSSR count). The summed E-state index contributed by atoms with van der Waals surface area (Å²) in [6.45, 7) is 0. The molecule has 0 radical (unpaired) electrons. The van der Waals surface area contributed by atoms with Crippen LogP contribution in [0, 0.1) is 0 Å². The first-order valence-electron chi connectivity index (χ1n) is 9.08. The molecule has 6 heteroatoms. The molecule has 29 heavy (non-hydrogen) atoms. The molecule has 0 unspecified atom stereocenters. The van der Waals surface area contributed by atoms with Gasteiger partial charge in [0.1, 0.15) is 0 Å². The third-order valence-corrected chi connectivity index (χ3v) is 6.44. The van der Waals surface area contributed by atoms with Crippen LogP contribution in [0.5, 0.6) is 0 Å². The van der Waals surface area contributed by atoms with E-state index in [1.807, 2.05) is 49.2 Å². The fourth-order valence-corrected chi connectivity index (χ4v) is 4.60. The second-order valence-electron chi connectivity index (χ2n) is 6.42. The second kappa shape index (κ2) is 8.03. The van der Waals surface area contributed by atoms with E-state index in [4.69, 9.17) is 0 Å². The SMILES string of the molecule is c1csc(SNc2cncc(-c3ccc4nccc(-c5ccncc5)c4c3)c2)c1. The molecule has 0 atom stereocenters. The van der Waals surface area contributed by atoms with Gasteiger partial charge in [-0.2, -0.15) is 0 Å². The highest BCUT2D eigenvalue weighted by Gasteiger charge is 2.08. The number of anilines is 1. The average molecular weight is 413 g/mol. The number of hydrogen-bond donors (Lipinski definition) is 1. The van der Waals surface area contributed by atoms with E-state index >= 15 is 0 Å². The molecule has 0 fully saturated rings. The van der Waals surface area contributed by atoms with Crippen molar-refractivity contribution in [1.82, 2.24) is 15.0 Å². The smallest absolute Gasteiger partial charge is 0.0807 e. The Morgan fingerprint density at radius 1 is 0.793 bits per heavy atom. The molecule has 0 aliphatic carbocycles. The van der Waals surface area contributed by atoms with Crippen molar-refractivity contribution in [3.8, 4) is 22.3 Å². The number of aromatic nitrogens is 3. The van der Waals surface area contributed by atoms with Gasteiger partial charge in [0.25, 0.3) is 0 Å². The Balaban J connectivity index is 1.51. The Morgan fingerprint density at radius 2 is 1.72 bits per heavy atom. The number of hydrogen-bond acceptors (Lipinski definition) is 6. The van der Waals surface area contributed by atoms with Crippen molar-refractivity contribution in [1.29, 1.82) is 0 Å². The average Bonchev–Trinajstić information content (AvgIpc) is 3.31. The van der Waals surface area contributed by atoms with Crippen molar-refractivity contribution in [2.75, 3.05) is 4.72 Å². The highest BCUT2D eigenvalue weighted by atomic mass is 32.2. The fourth-order valence-electron chi connectivity index (χ4n) is 3.19. The van der Waals surface area contributed by atoms with Gasteiger partial charge in [-0.1, -0.05) is 12.1 Å². The van der Waals surface area contributed by atoms with Crippen molar-refractivity contribution >= 4 is 39.9 Å². The van der Waals surface area contributed by atoms with E-state index in [9.17, 15) is 0 Å². The Hall–Kier alpha value is -3.22. The van der Waals surface area contributed by atoms with Crippen LogP contribution in [0.15, 0.2) is 95.2 Å². The summed E-state index contributed by atoms with van der Waals surface area (Å²) >= 11 is 3.31. The van der Waals surface area contributed by atoms with Gasteiger partial charge in [0, 0.05) is 35.7 Å². The summed E-state index contributed by atoms with van der Waals surface area (Å²) in [5.41, 5.74) is 6.39. The van der Waals surface area contributed by atoms with Crippen molar-refractivity contribution in [2.24, 2.45) is 0 Å². The van der Waals surface area contributed by atoms with Gasteiger partial charge in [-0.05, 0) is 76.5 Å². The monoisotopic (exact) mass is 412 g/mol. The number of pyridine rings is 3. The predicted molar refractivity (Wildman–Crippen MR) is 122 cm³/mol. The molecule has 0 aliphatic rings. The fraction of sp³-hybridized carbons (Fsp3) is 0. The minimum Gasteiger partial charge on any atom is -0.324 e. The molecule has 4 aromatic heterocycles. The van der Waals surface area contributed by atoms with Gasteiger partial charge in [-0.25, -0.2) is 0 Å². The van der Waals surface area contributed by atoms with Crippen molar-refractivity contribution in [3.63, 3.8) is 0 Å². The van der Waals surface area contributed by atoms with Crippen LogP contribution in [0.1, 0.15) is 0 Å². The normalized spacial score (nSPS) is 10.9. The van der Waals surface area contributed by atoms with Crippen LogP contribution in [0.4, 0.5) is 5.69 Å². The standard InChI is InChI=1S/C23H16N4S2/c1-2-23(28-11-1)29-27-19-12-18(14-25-15-19)17-3-4-22-21(13-17)20(7-10-26-22)16-5-8-24-9-6-16/h1-15,27H. The quantitative estimate of drug-likeness (QED) is 0.332. The van der Waals surface area contributed by atoms with E-state index in [1.165, 1.54) is 4.21 Å². The molecule has 4 heterocycles. The van der Waals surface area contributed by atoms with Gasteiger partial charge in [0.05, 0.1) is 21.6 Å². The Kier molecular flexibility index (Phi) is 4.94. The summed E-state index contributed by atoms with van der Waals surface area (Å²) in [6.07, 6.45) is 9.22. The Morgan fingerprint density at radius 3 is 2.59 bits per heavy atom. The van der Waals surface area contributed by atoms with Gasteiger partial charge < -0.3 is 4.72 Å². The third kappa shape index (κ3) is 3.85. The summed E-state index contributed by atoms with van der Waals surface area (Å²) in [5.74, 6) is 0. The molecule has 1 N–H and O–H groups in total. The lowest BCUT2D eigenvalue weighted by Gasteiger charge is -2.10. The zero-order valence-electron chi connectivity index (χ0n) is 15.3. The molecule has 0 aliphatic heterocycles. The maximum Gasteiger partial charge on any atom is 0.0807 e. The zero-order chi connectivity index (χ0) is 19.5. The van der Waals surface area contributed by atoms with Crippen molar-refractivity contribution < 1.29 is 0 Å². The van der Waals surface area contributed by atoms with Crippen LogP contribution in [0.3, 0.4) is 0 Å². The lowest BCUT2D eigenvalue weighted by atomic mass is 9.98. The molecule has 5 aromatic rings. The van der Waals surface area contributed by atoms with Crippen LogP contribution >= 0.6 is 23.3 Å². The number of nitrogens with one attached hydrogen (secondary N) is 1. The first-order chi connectivity index (χ1) is 14.4. The van der Waals surface area contributed by atoms with Gasteiger partial charge in [0.2, 0.25) is 0 Å². The summed E-state index contributed by atoms with van der Waals surface area (Å²) in [7, 11) is 0. The molecule has 0 saturated heterocycles. The topological polar surface area (TPSA) is 50.7 Å². The number of thiophene rings is 1. The Bertz CT molecular complexity index is 1250. The first kappa shape index (κ1) is 17.8. The van der Waals surface area contributed by atoms with E-state index in [0.29, 0.717) is 0 Å². The predicted octanol–water partition coefficient (Wildman–Crippen LogP) is 6.54. The number of nitrogens with zero attached hydrogens (tertiary/aromatic N) is 3. The molecule has 0 bridgehead atoms. The summed E-state index contributed by atoms with van der Waals surface area (Å²) in [6, 6.07) is 18.7. The Labute approximate surface area is 176 Å². The van der Waals surface area contributed by atoms with Crippen molar-refractivity contribution in [3.05, 3.63) is 91.0 Å². The minimum atomic E-state index is 0.971. The molecule has 0 saturated carbocycles. The molecule has 140 valence electrons. The number of benzene rings is 1. The van der Waals surface area contributed by atoms with E-state index in [1.54, 1.807) is 23.3 Å². The molecule has 4 nitrogen and oxygen atoms in total. The highest BCUT2D eigenvalue weighted by Crippen LogP contribution is 2.32. The van der Waals surface area contributed by atoms with Crippen LogP contribution in [0.2, 0.25) is 0 Å². The first-order valence-corrected chi connectivity index (χ1v) is 10.8. The minimum absolute atomic E-state index is 0.971. The molecule has 1 aromatic carbocycles. The summed E-state index contributed by atoms with van der Waals surface area (Å²) < 4.78 is 4.59. The molecular weight excluding hydrogens is 396 g/mol. The third-order valence-electron chi connectivity index (χ3n) is 4.57. The highest BCUT2D eigenvalue weighted by molar-refractivity contribution is 8.02. The van der Waals surface area contributed by atoms with Crippen LogP contribution in [-0.4, -0.2) is 15.0 Å². The van der Waals surface area contributed by atoms with Gasteiger partial charge in [-0.15, -0.1) is 11.3 Å². The maximum atomic E-state index is 4.53. The molecular formula is C23H16N4S2. The van der Waals surface area contributed by atoms with Crippen LogP contribution < -0.4 is 4.72 Å². The van der Waals surface area contributed by atoms with Gasteiger partial charge in [0.15, 0.2) is 0 Å². The van der Waals surface area contributed by atoms with Crippen molar-refractivity contribution in [2.45, 2.75) is 4.21 Å². The number of fused-ring (bicyclic) bond motifs is 1. The van der Waals surface area contributed by atoms with Crippen LogP contribution in [0.25, 0.3) is 33.2 Å². The van der Waals surface area contributed by atoms with E-state index in [0.717, 1.165) is 38.8 Å². The van der Waals surface area contributed by atoms with Gasteiger partial charge in [-0.3, -0.25) is 15.0 Å². The largest absolute Gasteiger partial charge is 0.324 e. The molecule has 0 spiro atoms. The van der Waals surface area contributed by atoms with E-state index < -0.39 is 0 Å². The zero-order valence-corrected chi connectivity index (χ0v) is 17.0. The second-order valence-corrected chi connectivity index (χ2v) is 8.48. The van der Waals surface area contributed by atoms with E-state index in [-0.39, 0.29) is 0 Å². The summed E-state index contributed by atoms with van der Waals surface area (Å²) in [4.78, 5) is 13.1.